The molecule has 0 saturated carbocycles. The lowest BCUT2D eigenvalue weighted by atomic mass is 10.1. The van der Waals surface area contributed by atoms with Crippen molar-refractivity contribution >= 4 is 45.9 Å². The van der Waals surface area contributed by atoms with Gasteiger partial charge in [-0.25, -0.2) is 4.79 Å². The number of carbonyl (C=O) groups is 2. The molecule has 1 amide bonds. The zero-order valence-corrected chi connectivity index (χ0v) is 18.8. The molecule has 0 aliphatic carbocycles. The van der Waals surface area contributed by atoms with Gasteiger partial charge in [-0.05, 0) is 67.4 Å². The molecule has 1 fully saturated rings. The van der Waals surface area contributed by atoms with Crippen molar-refractivity contribution in [2.75, 3.05) is 13.1 Å². The van der Waals surface area contributed by atoms with Crippen molar-refractivity contribution in [2.45, 2.75) is 19.8 Å². The highest BCUT2D eigenvalue weighted by molar-refractivity contribution is 8.26. The number of thioether (sulfide) groups is 1. The molecule has 5 rings (SSSR count). The standard InChI is InChI=1S/C24H21N5O3S/c1-15-5-4-6-17(13-15)22(31)32-18-9-7-16(8-10-18)14-19-20(25)29-23(26-21(19)30)33-24(27-29)28-11-2-3-12-28/h4-10,13-14,25H,2-3,11-12H2,1H3/b19-14+,25-20?. The largest absolute Gasteiger partial charge is 0.423 e. The first-order chi connectivity index (χ1) is 16.0. The summed E-state index contributed by atoms with van der Waals surface area (Å²) in [6.07, 6.45) is 3.83. The summed E-state index contributed by atoms with van der Waals surface area (Å²) >= 11 is 1.33. The number of aryl methyl sites for hydroxylation is 1. The minimum absolute atomic E-state index is 0.00153. The first kappa shape index (κ1) is 21.1. The third kappa shape index (κ3) is 4.31. The van der Waals surface area contributed by atoms with Crippen LogP contribution in [-0.4, -0.2) is 51.0 Å². The van der Waals surface area contributed by atoms with Gasteiger partial charge in [0.15, 0.2) is 11.0 Å². The summed E-state index contributed by atoms with van der Waals surface area (Å²) in [5.41, 5.74) is 2.31. The first-order valence-corrected chi connectivity index (χ1v) is 11.4. The van der Waals surface area contributed by atoms with Crippen LogP contribution in [0.15, 0.2) is 64.2 Å². The second-order valence-electron chi connectivity index (χ2n) is 7.92. The molecule has 3 aliphatic rings. The molecule has 0 radical (unpaired) electrons. The molecule has 1 N–H and O–H groups in total. The van der Waals surface area contributed by atoms with Crippen molar-refractivity contribution in [1.82, 2.24) is 9.91 Å². The van der Waals surface area contributed by atoms with Gasteiger partial charge in [-0.15, -0.1) is 5.10 Å². The van der Waals surface area contributed by atoms with E-state index in [1.165, 1.54) is 16.8 Å². The summed E-state index contributed by atoms with van der Waals surface area (Å²) in [7, 11) is 0. The van der Waals surface area contributed by atoms with Crippen molar-refractivity contribution in [2.24, 2.45) is 10.1 Å². The fourth-order valence-corrected chi connectivity index (χ4v) is 4.70. The number of hydrazone groups is 1. The summed E-state index contributed by atoms with van der Waals surface area (Å²) in [5.74, 6) is -0.507. The van der Waals surface area contributed by atoms with Crippen LogP contribution in [0.1, 0.15) is 34.3 Å². The van der Waals surface area contributed by atoms with Gasteiger partial charge in [-0.3, -0.25) is 10.2 Å². The number of amidine groups is 3. The van der Waals surface area contributed by atoms with Gasteiger partial charge in [0.2, 0.25) is 5.17 Å². The number of rotatable bonds is 3. The third-order valence-electron chi connectivity index (χ3n) is 5.48. The number of likely N-dealkylation sites (tertiary alicyclic amines) is 1. The predicted molar refractivity (Wildman–Crippen MR) is 128 cm³/mol. The maximum absolute atomic E-state index is 12.6. The van der Waals surface area contributed by atoms with E-state index in [1.54, 1.807) is 42.5 Å². The number of amides is 1. The minimum Gasteiger partial charge on any atom is -0.423 e. The predicted octanol–water partition coefficient (Wildman–Crippen LogP) is 3.89. The van der Waals surface area contributed by atoms with Crippen molar-refractivity contribution in [1.29, 1.82) is 5.41 Å². The summed E-state index contributed by atoms with van der Waals surface area (Å²) in [5, 5.41) is 15.6. The van der Waals surface area contributed by atoms with Crippen molar-refractivity contribution in [3.63, 3.8) is 0 Å². The van der Waals surface area contributed by atoms with E-state index in [0.717, 1.165) is 36.7 Å². The molecule has 3 heterocycles. The highest BCUT2D eigenvalue weighted by Gasteiger charge is 2.37. The fraction of sp³-hybridized carbons (Fsp3) is 0.208. The van der Waals surface area contributed by atoms with Crippen LogP contribution in [0, 0.1) is 12.3 Å². The Kier molecular flexibility index (Phi) is 5.55. The monoisotopic (exact) mass is 459 g/mol. The van der Waals surface area contributed by atoms with Crippen LogP contribution in [0.25, 0.3) is 6.08 Å². The number of hydrogen-bond acceptors (Lipinski definition) is 7. The van der Waals surface area contributed by atoms with Crippen LogP contribution >= 0.6 is 11.8 Å². The van der Waals surface area contributed by atoms with E-state index in [-0.39, 0.29) is 11.4 Å². The summed E-state index contributed by atoms with van der Waals surface area (Å²) in [6, 6.07) is 14.0. The Morgan fingerprint density at radius 1 is 1.12 bits per heavy atom. The number of benzene rings is 2. The molecule has 0 atom stereocenters. The molecular weight excluding hydrogens is 438 g/mol. The number of nitrogens with one attached hydrogen (secondary N) is 1. The number of nitrogens with zero attached hydrogens (tertiary/aromatic N) is 4. The molecule has 166 valence electrons. The van der Waals surface area contributed by atoms with Crippen LogP contribution in [0.5, 0.6) is 5.75 Å². The van der Waals surface area contributed by atoms with Gasteiger partial charge in [0.05, 0.1) is 11.1 Å². The maximum atomic E-state index is 12.6. The zero-order chi connectivity index (χ0) is 22.9. The maximum Gasteiger partial charge on any atom is 0.343 e. The molecule has 2 aromatic rings. The van der Waals surface area contributed by atoms with E-state index in [9.17, 15) is 9.59 Å². The van der Waals surface area contributed by atoms with E-state index in [1.807, 2.05) is 19.1 Å². The zero-order valence-electron chi connectivity index (χ0n) is 17.9. The topological polar surface area (TPSA) is 98.4 Å². The Hall–Kier alpha value is -3.72. The molecule has 33 heavy (non-hydrogen) atoms. The van der Waals surface area contributed by atoms with Crippen LogP contribution in [0.3, 0.4) is 0 Å². The van der Waals surface area contributed by atoms with Gasteiger partial charge in [0.25, 0.3) is 5.91 Å². The summed E-state index contributed by atoms with van der Waals surface area (Å²) < 4.78 is 5.44. The minimum atomic E-state index is -0.466. The Morgan fingerprint density at radius 3 is 2.61 bits per heavy atom. The Morgan fingerprint density at radius 2 is 1.88 bits per heavy atom. The molecule has 3 aliphatic heterocycles. The normalized spacial score (nSPS) is 19.0. The first-order valence-electron chi connectivity index (χ1n) is 10.6. The summed E-state index contributed by atoms with van der Waals surface area (Å²) in [6.45, 7) is 3.77. The van der Waals surface area contributed by atoms with Gasteiger partial charge in [0.1, 0.15) is 5.75 Å². The van der Waals surface area contributed by atoms with Gasteiger partial charge < -0.3 is 9.64 Å². The van der Waals surface area contributed by atoms with Gasteiger partial charge in [-0.1, -0.05) is 29.8 Å². The van der Waals surface area contributed by atoms with Crippen LogP contribution in [0.4, 0.5) is 0 Å². The lowest BCUT2D eigenvalue weighted by Crippen LogP contribution is -2.35. The molecule has 0 spiro atoms. The fourth-order valence-electron chi connectivity index (χ4n) is 3.75. The highest BCUT2D eigenvalue weighted by atomic mass is 32.2. The van der Waals surface area contributed by atoms with Gasteiger partial charge in [-0.2, -0.15) is 10.0 Å². The van der Waals surface area contributed by atoms with E-state index in [2.05, 4.69) is 15.0 Å². The summed E-state index contributed by atoms with van der Waals surface area (Å²) in [4.78, 5) is 31.2. The smallest absolute Gasteiger partial charge is 0.343 e. The molecule has 0 aromatic heterocycles. The number of esters is 1. The lowest BCUT2D eigenvalue weighted by Gasteiger charge is -2.20. The van der Waals surface area contributed by atoms with Gasteiger partial charge in [0, 0.05) is 13.1 Å². The molecule has 2 aromatic carbocycles. The molecule has 0 bridgehead atoms. The van der Waals surface area contributed by atoms with Crippen molar-refractivity contribution < 1.29 is 14.3 Å². The van der Waals surface area contributed by atoms with Gasteiger partial charge >= 0.3 is 5.97 Å². The van der Waals surface area contributed by atoms with Crippen LogP contribution < -0.4 is 4.74 Å². The quantitative estimate of drug-likeness (QED) is 0.425. The van der Waals surface area contributed by atoms with E-state index < -0.39 is 11.9 Å². The molecule has 1 saturated heterocycles. The Labute approximate surface area is 195 Å². The number of aliphatic imine (C=N–C) groups is 1. The van der Waals surface area contributed by atoms with Crippen LogP contribution in [0.2, 0.25) is 0 Å². The van der Waals surface area contributed by atoms with E-state index >= 15 is 0 Å². The second kappa shape index (κ2) is 8.67. The van der Waals surface area contributed by atoms with E-state index in [4.69, 9.17) is 10.1 Å². The highest BCUT2D eigenvalue weighted by Crippen LogP contribution is 2.31. The Bertz CT molecular complexity index is 1240. The lowest BCUT2D eigenvalue weighted by molar-refractivity contribution is -0.114. The number of carbonyl (C=O) groups excluding carboxylic acids is 2. The van der Waals surface area contributed by atoms with Crippen molar-refractivity contribution in [3.05, 3.63) is 70.8 Å². The molecule has 8 nitrogen and oxygen atoms in total. The average molecular weight is 460 g/mol. The Balaban J connectivity index is 1.31. The van der Waals surface area contributed by atoms with Crippen LogP contribution in [-0.2, 0) is 4.79 Å². The SMILES string of the molecule is Cc1cccc(C(=O)Oc2ccc(/C=C3\C(=N)N4N=C(N5CCCC5)SC4=NC3=O)cc2)c1. The molecule has 0 unspecified atom stereocenters. The third-order valence-corrected chi connectivity index (χ3v) is 6.45. The molecule has 9 heteroatoms. The number of ether oxygens (including phenoxy) is 1. The number of hydrogen-bond donors (Lipinski definition) is 1. The molecular formula is C24H21N5O3S. The average Bonchev–Trinajstić information content (AvgIpc) is 3.48. The second-order valence-corrected chi connectivity index (χ2v) is 8.86. The van der Waals surface area contributed by atoms with E-state index in [0.29, 0.717) is 22.0 Å². The number of fused-ring (bicyclic) bond motifs is 1. The van der Waals surface area contributed by atoms with Crippen molar-refractivity contribution in [3.8, 4) is 5.75 Å².